The first-order valence-electron chi connectivity index (χ1n) is 7.07. The van der Waals surface area contributed by atoms with Crippen LogP contribution >= 0.6 is 0 Å². The molecule has 0 aliphatic rings. The van der Waals surface area contributed by atoms with Gasteiger partial charge in [-0.15, -0.1) is 0 Å². The number of benzene rings is 1. The van der Waals surface area contributed by atoms with Gasteiger partial charge < -0.3 is 14.8 Å². The van der Waals surface area contributed by atoms with Crippen LogP contribution in [-0.4, -0.2) is 37.6 Å². The van der Waals surface area contributed by atoms with Crippen LogP contribution in [0.2, 0.25) is 0 Å². The Morgan fingerprint density at radius 1 is 1.19 bits per heavy atom. The summed E-state index contributed by atoms with van der Waals surface area (Å²) in [6.07, 6.45) is 0.0247. The Morgan fingerprint density at radius 3 is 2.29 bits per heavy atom. The summed E-state index contributed by atoms with van der Waals surface area (Å²) in [5.41, 5.74) is 0.540. The zero-order chi connectivity index (χ0) is 15.8. The van der Waals surface area contributed by atoms with Gasteiger partial charge in [-0.1, -0.05) is 13.8 Å². The number of ketones is 1. The maximum atomic E-state index is 12.5. The molecule has 1 rings (SSSR count). The minimum absolute atomic E-state index is 0.0247. The maximum Gasteiger partial charge on any atom is 0.307 e. The van der Waals surface area contributed by atoms with Gasteiger partial charge in [0.2, 0.25) is 0 Å². The van der Waals surface area contributed by atoms with Gasteiger partial charge in [0.25, 0.3) is 0 Å². The molecule has 0 aliphatic heterocycles. The summed E-state index contributed by atoms with van der Waals surface area (Å²) in [7, 11) is 1.57. The van der Waals surface area contributed by atoms with E-state index in [1.807, 2.05) is 13.8 Å². The molecule has 1 N–H and O–H groups in total. The summed E-state index contributed by atoms with van der Waals surface area (Å²) in [5, 5.41) is 3.11. The number of carbonyl (C=O) groups is 2. The van der Waals surface area contributed by atoms with E-state index < -0.39 is 6.04 Å². The van der Waals surface area contributed by atoms with Gasteiger partial charge in [-0.25, -0.2) is 0 Å². The van der Waals surface area contributed by atoms with E-state index in [2.05, 4.69) is 5.32 Å². The predicted octanol–water partition coefficient (Wildman–Crippen LogP) is 2.20. The Kier molecular flexibility index (Phi) is 6.88. The highest BCUT2D eigenvalue weighted by molar-refractivity contribution is 6.01. The van der Waals surface area contributed by atoms with Crippen molar-refractivity contribution < 1.29 is 19.1 Å². The van der Waals surface area contributed by atoms with Crippen molar-refractivity contribution in [2.24, 2.45) is 0 Å². The van der Waals surface area contributed by atoms with E-state index in [0.717, 1.165) is 0 Å². The van der Waals surface area contributed by atoms with Crippen molar-refractivity contribution in [3.05, 3.63) is 29.8 Å². The monoisotopic (exact) mass is 293 g/mol. The van der Waals surface area contributed by atoms with E-state index in [1.165, 1.54) is 0 Å². The number of rotatable bonds is 8. The molecule has 21 heavy (non-hydrogen) atoms. The molecule has 0 saturated heterocycles. The highest BCUT2D eigenvalue weighted by atomic mass is 16.5. The maximum absolute atomic E-state index is 12.5. The zero-order valence-electron chi connectivity index (χ0n) is 13.0. The smallest absolute Gasteiger partial charge is 0.307 e. The molecule has 0 heterocycles. The fourth-order valence-corrected chi connectivity index (χ4v) is 1.97. The molecule has 0 radical (unpaired) electrons. The Labute approximate surface area is 125 Å². The molecular formula is C16H23NO4. The number of carbonyl (C=O) groups excluding carboxylic acids is 2. The average Bonchev–Trinajstić information content (AvgIpc) is 2.45. The molecule has 0 aromatic heterocycles. The summed E-state index contributed by atoms with van der Waals surface area (Å²) >= 11 is 0. The quantitative estimate of drug-likeness (QED) is 0.588. The van der Waals surface area contributed by atoms with E-state index in [1.54, 1.807) is 38.3 Å². The lowest BCUT2D eigenvalue weighted by molar-refractivity contribution is -0.143. The third kappa shape index (κ3) is 5.55. The molecule has 1 aromatic carbocycles. The zero-order valence-corrected chi connectivity index (χ0v) is 13.0. The highest BCUT2D eigenvalue weighted by Gasteiger charge is 2.24. The van der Waals surface area contributed by atoms with Crippen molar-refractivity contribution in [3.8, 4) is 5.75 Å². The molecule has 0 saturated carbocycles. The summed E-state index contributed by atoms with van der Waals surface area (Å²) in [6.45, 7) is 5.91. The molecule has 0 amide bonds. The van der Waals surface area contributed by atoms with Crippen LogP contribution in [-0.2, 0) is 9.53 Å². The Balaban J connectivity index is 2.84. The second-order valence-electron chi connectivity index (χ2n) is 4.98. The van der Waals surface area contributed by atoms with Crippen LogP contribution < -0.4 is 10.1 Å². The van der Waals surface area contributed by atoms with E-state index in [4.69, 9.17) is 9.47 Å². The number of hydrogen-bond acceptors (Lipinski definition) is 5. The Bertz CT molecular complexity index is 468. The molecule has 116 valence electrons. The number of Topliss-reactive ketones (excluding diaryl/α,β-unsaturated/α-hetero) is 1. The molecular weight excluding hydrogens is 270 g/mol. The van der Waals surface area contributed by atoms with Crippen molar-refractivity contribution in [1.29, 1.82) is 0 Å². The third-order valence-corrected chi connectivity index (χ3v) is 2.90. The molecule has 1 unspecified atom stereocenters. The number of hydrogen-bond donors (Lipinski definition) is 1. The molecule has 0 aliphatic carbocycles. The molecule has 0 fully saturated rings. The summed E-state index contributed by atoms with van der Waals surface area (Å²) in [6, 6.07) is 6.35. The van der Waals surface area contributed by atoms with Gasteiger partial charge >= 0.3 is 5.97 Å². The van der Waals surface area contributed by atoms with Crippen molar-refractivity contribution >= 4 is 11.8 Å². The second kappa shape index (κ2) is 8.42. The van der Waals surface area contributed by atoms with E-state index in [9.17, 15) is 9.59 Å². The van der Waals surface area contributed by atoms with Crippen LogP contribution in [0.5, 0.6) is 5.75 Å². The van der Waals surface area contributed by atoms with E-state index >= 15 is 0 Å². The SMILES string of the molecule is CCOC(=O)CC(NC(C)C)C(=O)c1ccc(OC)cc1. The van der Waals surface area contributed by atoms with Crippen molar-refractivity contribution in [3.63, 3.8) is 0 Å². The fourth-order valence-electron chi connectivity index (χ4n) is 1.97. The molecule has 5 nitrogen and oxygen atoms in total. The second-order valence-corrected chi connectivity index (χ2v) is 4.98. The Morgan fingerprint density at radius 2 is 1.81 bits per heavy atom. The van der Waals surface area contributed by atoms with Gasteiger partial charge in [0, 0.05) is 11.6 Å². The van der Waals surface area contributed by atoms with Crippen LogP contribution in [0, 0.1) is 0 Å². The fraction of sp³-hybridized carbons (Fsp3) is 0.500. The summed E-state index contributed by atoms with van der Waals surface area (Å²) in [5.74, 6) is 0.183. The van der Waals surface area contributed by atoms with Crippen LogP contribution in [0.3, 0.4) is 0 Å². The molecule has 0 spiro atoms. The molecule has 1 atom stereocenters. The minimum Gasteiger partial charge on any atom is -0.497 e. The van der Waals surface area contributed by atoms with Crippen LogP contribution in [0.15, 0.2) is 24.3 Å². The van der Waals surface area contributed by atoms with Gasteiger partial charge in [-0.2, -0.15) is 0 Å². The van der Waals surface area contributed by atoms with Gasteiger partial charge in [-0.05, 0) is 31.2 Å². The van der Waals surface area contributed by atoms with E-state index in [-0.39, 0.29) is 24.2 Å². The largest absolute Gasteiger partial charge is 0.497 e. The van der Waals surface area contributed by atoms with Gasteiger partial charge in [0.1, 0.15) is 5.75 Å². The predicted molar refractivity (Wildman–Crippen MR) is 80.6 cm³/mol. The van der Waals surface area contributed by atoms with Gasteiger partial charge in [-0.3, -0.25) is 9.59 Å². The molecule has 5 heteroatoms. The third-order valence-electron chi connectivity index (χ3n) is 2.90. The van der Waals surface area contributed by atoms with Gasteiger partial charge in [0.15, 0.2) is 5.78 Å². The lowest BCUT2D eigenvalue weighted by Gasteiger charge is -2.19. The van der Waals surface area contributed by atoms with Crippen LogP contribution in [0.25, 0.3) is 0 Å². The number of methoxy groups -OCH3 is 1. The molecule has 0 bridgehead atoms. The van der Waals surface area contributed by atoms with Crippen LogP contribution in [0.4, 0.5) is 0 Å². The van der Waals surface area contributed by atoms with Crippen molar-refractivity contribution in [2.75, 3.05) is 13.7 Å². The van der Waals surface area contributed by atoms with Crippen molar-refractivity contribution in [1.82, 2.24) is 5.32 Å². The lowest BCUT2D eigenvalue weighted by atomic mass is 10.0. The number of nitrogens with one attached hydrogen (secondary N) is 1. The first-order valence-corrected chi connectivity index (χ1v) is 7.07. The average molecular weight is 293 g/mol. The van der Waals surface area contributed by atoms with Crippen LogP contribution in [0.1, 0.15) is 37.6 Å². The van der Waals surface area contributed by atoms with Crippen molar-refractivity contribution in [2.45, 2.75) is 39.3 Å². The highest BCUT2D eigenvalue weighted by Crippen LogP contribution is 2.14. The van der Waals surface area contributed by atoms with E-state index in [0.29, 0.717) is 17.9 Å². The normalized spacial score (nSPS) is 12.0. The standard InChI is InChI=1S/C16H23NO4/c1-5-21-15(18)10-14(17-11(2)3)16(19)12-6-8-13(20-4)9-7-12/h6-9,11,14,17H,5,10H2,1-4H3. The number of ether oxygens (including phenoxy) is 2. The topological polar surface area (TPSA) is 64.6 Å². The summed E-state index contributed by atoms with van der Waals surface area (Å²) < 4.78 is 9.99. The molecule has 1 aromatic rings. The first-order chi connectivity index (χ1) is 9.97. The lowest BCUT2D eigenvalue weighted by Crippen LogP contribution is -2.42. The number of esters is 1. The minimum atomic E-state index is -0.586. The van der Waals surface area contributed by atoms with Gasteiger partial charge in [0.05, 0.1) is 26.2 Å². The Hall–Kier alpha value is -1.88. The first kappa shape index (κ1) is 17.2. The summed E-state index contributed by atoms with van der Waals surface area (Å²) in [4.78, 5) is 24.1.